The summed E-state index contributed by atoms with van der Waals surface area (Å²) < 4.78 is 10.7. The molecule has 0 unspecified atom stereocenters. The van der Waals surface area contributed by atoms with Gasteiger partial charge in [-0.1, -0.05) is 29.8 Å². The van der Waals surface area contributed by atoms with Crippen LogP contribution in [0.1, 0.15) is 23.2 Å². The SMILES string of the molecule is C1C[C@H]2OCC[C@H]2O1.O=C(O)c1ccccc1.O=[N+]([O-])c1ccc(O)c(Cl)c1. The fourth-order valence-corrected chi connectivity index (χ4v) is 2.79. The summed E-state index contributed by atoms with van der Waals surface area (Å²) >= 11 is 5.40. The normalized spacial score (nSPS) is 19.5. The number of carboxylic acids is 1. The molecule has 0 aliphatic carbocycles. The average Bonchev–Trinajstić information content (AvgIpc) is 3.30. The highest BCUT2D eigenvalue weighted by molar-refractivity contribution is 6.32. The second-order valence-electron chi connectivity index (χ2n) is 5.96. The van der Waals surface area contributed by atoms with Gasteiger partial charge < -0.3 is 19.7 Å². The molecular weight excluding hydrogens is 390 g/mol. The van der Waals surface area contributed by atoms with Crippen LogP contribution in [0.3, 0.4) is 0 Å². The van der Waals surface area contributed by atoms with Crippen LogP contribution in [0.5, 0.6) is 5.75 Å². The van der Waals surface area contributed by atoms with E-state index in [-0.39, 0.29) is 16.5 Å². The van der Waals surface area contributed by atoms with Crippen LogP contribution in [0, 0.1) is 10.1 Å². The Morgan fingerprint density at radius 2 is 1.64 bits per heavy atom. The summed E-state index contributed by atoms with van der Waals surface area (Å²) in [6.07, 6.45) is 3.14. The van der Waals surface area contributed by atoms with E-state index in [2.05, 4.69) is 0 Å². The zero-order chi connectivity index (χ0) is 20.5. The second kappa shape index (κ2) is 10.6. The average molecular weight is 410 g/mol. The number of nitro groups is 1. The lowest BCUT2D eigenvalue weighted by molar-refractivity contribution is -0.384. The molecule has 2 atom stereocenters. The van der Waals surface area contributed by atoms with Crippen molar-refractivity contribution in [3.63, 3.8) is 0 Å². The van der Waals surface area contributed by atoms with Crippen molar-refractivity contribution in [2.45, 2.75) is 25.0 Å². The van der Waals surface area contributed by atoms with Gasteiger partial charge in [-0.2, -0.15) is 0 Å². The van der Waals surface area contributed by atoms with Gasteiger partial charge in [-0.3, -0.25) is 10.1 Å². The molecule has 28 heavy (non-hydrogen) atoms. The highest BCUT2D eigenvalue weighted by Crippen LogP contribution is 2.27. The lowest BCUT2D eigenvalue weighted by atomic mass is 10.2. The third-order valence-electron chi connectivity index (χ3n) is 4.05. The van der Waals surface area contributed by atoms with Gasteiger partial charge in [-0.15, -0.1) is 0 Å². The van der Waals surface area contributed by atoms with Crippen molar-refractivity contribution in [3.8, 4) is 5.75 Å². The number of hydrogen-bond acceptors (Lipinski definition) is 6. The van der Waals surface area contributed by atoms with Crippen LogP contribution in [0.2, 0.25) is 5.02 Å². The quantitative estimate of drug-likeness (QED) is 0.570. The molecule has 2 heterocycles. The Kier molecular flexibility index (Phi) is 8.19. The molecule has 150 valence electrons. The molecule has 2 aromatic rings. The molecule has 2 aromatic carbocycles. The first kappa shape index (κ1) is 21.6. The molecule has 9 heteroatoms. The molecule has 0 spiro atoms. The number of nitro benzene ring substituents is 1. The molecule has 0 amide bonds. The second-order valence-corrected chi connectivity index (χ2v) is 6.37. The topological polar surface area (TPSA) is 119 Å². The Bertz CT molecular complexity index is 780. The number of non-ortho nitro benzene ring substituents is 1. The summed E-state index contributed by atoms with van der Waals surface area (Å²) in [4.78, 5) is 19.8. The van der Waals surface area contributed by atoms with Crippen molar-refractivity contribution in [2.75, 3.05) is 13.2 Å². The van der Waals surface area contributed by atoms with Gasteiger partial charge in [0.25, 0.3) is 5.69 Å². The standard InChI is InChI=1S/C7H6O2.C6H4ClNO3.C6H10O2/c8-7(9)6-4-2-1-3-5-6;7-5-3-4(8(10)11)1-2-6(5)9;1-3-7-6-2-4-8-5(1)6/h1-5H,(H,8,9);1-3,9H;5-6H,1-4H2/t;;5-,6-/m..1/s1. The van der Waals surface area contributed by atoms with E-state index in [9.17, 15) is 14.9 Å². The van der Waals surface area contributed by atoms with Gasteiger partial charge in [-0.25, -0.2) is 4.79 Å². The summed E-state index contributed by atoms with van der Waals surface area (Å²) in [5.74, 6) is -1.03. The van der Waals surface area contributed by atoms with Gasteiger partial charge >= 0.3 is 5.97 Å². The van der Waals surface area contributed by atoms with E-state index >= 15 is 0 Å². The van der Waals surface area contributed by atoms with Crippen LogP contribution in [0.15, 0.2) is 48.5 Å². The number of halogens is 1. The Hall–Kier alpha value is -2.68. The number of ether oxygens (including phenoxy) is 2. The molecule has 0 saturated carbocycles. The summed E-state index contributed by atoms with van der Waals surface area (Å²) in [5.41, 5.74) is 0.199. The largest absolute Gasteiger partial charge is 0.506 e. The maximum Gasteiger partial charge on any atom is 0.335 e. The van der Waals surface area contributed by atoms with E-state index in [0.717, 1.165) is 32.1 Å². The van der Waals surface area contributed by atoms with E-state index in [4.69, 9.17) is 31.3 Å². The number of phenols is 1. The van der Waals surface area contributed by atoms with E-state index < -0.39 is 10.9 Å². The number of fused-ring (bicyclic) bond motifs is 1. The third kappa shape index (κ3) is 6.49. The highest BCUT2D eigenvalue weighted by atomic mass is 35.5. The van der Waals surface area contributed by atoms with Crippen LogP contribution in [0.25, 0.3) is 0 Å². The lowest BCUT2D eigenvalue weighted by Crippen LogP contribution is -2.13. The molecule has 0 aromatic heterocycles. The fourth-order valence-electron chi connectivity index (χ4n) is 2.61. The van der Waals surface area contributed by atoms with Crippen LogP contribution >= 0.6 is 11.6 Å². The molecular formula is C19H20ClNO7. The van der Waals surface area contributed by atoms with Gasteiger partial charge in [0.1, 0.15) is 5.75 Å². The molecule has 2 saturated heterocycles. The van der Waals surface area contributed by atoms with E-state index in [1.807, 2.05) is 0 Å². The van der Waals surface area contributed by atoms with Gasteiger partial charge in [0.05, 0.1) is 27.7 Å². The fraction of sp³-hybridized carbons (Fsp3) is 0.316. The van der Waals surface area contributed by atoms with Crippen LogP contribution < -0.4 is 0 Å². The summed E-state index contributed by atoms with van der Waals surface area (Å²) in [6.45, 7) is 1.82. The monoisotopic (exact) mass is 409 g/mol. The number of aromatic hydroxyl groups is 1. The molecule has 2 N–H and O–H groups in total. The van der Waals surface area contributed by atoms with E-state index in [1.54, 1.807) is 30.3 Å². The first-order valence-corrected chi connectivity index (χ1v) is 8.90. The number of carboxylic acid groups (broad SMARTS) is 1. The Morgan fingerprint density at radius 3 is 2.07 bits per heavy atom. The predicted molar refractivity (Wildman–Crippen MR) is 102 cm³/mol. The molecule has 0 bridgehead atoms. The molecule has 2 aliphatic heterocycles. The maximum absolute atomic E-state index is 10.2. The van der Waals surface area contributed by atoms with Gasteiger partial charge in [0.2, 0.25) is 0 Å². The van der Waals surface area contributed by atoms with Crippen molar-refractivity contribution in [1.82, 2.24) is 0 Å². The van der Waals surface area contributed by atoms with Gasteiger partial charge in [-0.05, 0) is 31.0 Å². The Labute approximate surface area is 166 Å². The molecule has 8 nitrogen and oxygen atoms in total. The van der Waals surface area contributed by atoms with E-state index in [1.165, 1.54) is 12.1 Å². The van der Waals surface area contributed by atoms with Crippen LogP contribution in [0.4, 0.5) is 5.69 Å². The third-order valence-corrected chi connectivity index (χ3v) is 4.35. The first-order valence-electron chi connectivity index (χ1n) is 8.53. The minimum absolute atomic E-state index is 0.0146. The van der Waals surface area contributed by atoms with Crippen LogP contribution in [-0.2, 0) is 9.47 Å². The predicted octanol–water partition coefficient (Wildman–Crippen LogP) is 3.90. The molecule has 0 radical (unpaired) electrons. The van der Waals surface area contributed by atoms with Crippen molar-refractivity contribution in [3.05, 3.63) is 69.2 Å². The minimum atomic E-state index is -0.879. The zero-order valence-corrected chi connectivity index (χ0v) is 15.6. The van der Waals surface area contributed by atoms with Crippen molar-refractivity contribution < 1.29 is 29.4 Å². The molecule has 2 aliphatic rings. The highest BCUT2D eigenvalue weighted by Gasteiger charge is 2.33. The number of rotatable bonds is 2. The summed E-state index contributed by atoms with van der Waals surface area (Å²) in [6, 6.07) is 11.8. The van der Waals surface area contributed by atoms with E-state index in [0.29, 0.717) is 17.8 Å². The lowest BCUT2D eigenvalue weighted by Gasteiger charge is -2.03. The smallest absolute Gasteiger partial charge is 0.335 e. The summed E-state index contributed by atoms with van der Waals surface area (Å²) in [5, 5.41) is 27.4. The number of aromatic carboxylic acids is 1. The molecule has 4 rings (SSSR count). The van der Waals surface area contributed by atoms with Crippen molar-refractivity contribution in [1.29, 1.82) is 0 Å². The first-order chi connectivity index (χ1) is 13.4. The summed E-state index contributed by atoms with van der Waals surface area (Å²) in [7, 11) is 0. The van der Waals surface area contributed by atoms with Gasteiger partial charge in [0, 0.05) is 25.3 Å². The van der Waals surface area contributed by atoms with Gasteiger partial charge in [0.15, 0.2) is 0 Å². The molecule has 2 fully saturated rings. The zero-order valence-electron chi connectivity index (χ0n) is 14.9. The number of phenolic OH excluding ortho intramolecular Hbond substituents is 1. The van der Waals surface area contributed by atoms with Crippen molar-refractivity contribution >= 4 is 23.3 Å². The van der Waals surface area contributed by atoms with Crippen molar-refractivity contribution in [2.24, 2.45) is 0 Å². The number of hydrogen-bond donors (Lipinski definition) is 2. The maximum atomic E-state index is 10.2. The van der Waals surface area contributed by atoms with Crippen LogP contribution in [-0.4, -0.2) is 46.5 Å². The minimum Gasteiger partial charge on any atom is -0.506 e. The number of carbonyl (C=O) groups is 1. The number of nitrogens with zero attached hydrogens (tertiary/aromatic N) is 1. The Morgan fingerprint density at radius 1 is 1.07 bits per heavy atom. The Balaban J connectivity index is 0.000000152. The number of benzene rings is 2.